The minimum atomic E-state index is -0.0416. The van der Waals surface area contributed by atoms with Crippen LogP contribution in [-0.4, -0.2) is 22.8 Å². The predicted octanol–water partition coefficient (Wildman–Crippen LogP) is 0.827. The van der Waals surface area contributed by atoms with Crippen LogP contribution in [0.1, 0.15) is 23.8 Å². The van der Waals surface area contributed by atoms with Crippen LogP contribution >= 0.6 is 0 Å². The molecule has 0 aliphatic carbocycles. The van der Waals surface area contributed by atoms with Gasteiger partial charge in [-0.3, -0.25) is 9.59 Å². The molecule has 1 aliphatic rings. The fourth-order valence-electron chi connectivity index (χ4n) is 1.97. The Balaban J connectivity index is 1.90. The number of amides is 1. The molecule has 0 spiro atoms. The van der Waals surface area contributed by atoms with Gasteiger partial charge in [0.1, 0.15) is 0 Å². The number of hydrogen-bond acceptors (Lipinski definition) is 2. The standard InChI is InChI=1S/C11H14N2O2/c1-8(14)12-5-4-9-7-13-6-2-3-10(13)11(9)15/h2-3,6,9H,4-5,7H2,1H3,(H,12,14). The second-order valence-corrected chi connectivity index (χ2v) is 3.88. The van der Waals surface area contributed by atoms with Crippen LogP contribution in [0.2, 0.25) is 0 Å². The maximum atomic E-state index is 11.8. The van der Waals surface area contributed by atoms with E-state index in [9.17, 15) is 9.59 Å². The number of aromatic nitrogens is 1. The first-order chi connectivity index (χ1) is 7.18. The highest BCUT2D eigenvalue weighted by Crippen LogP contribution is 2.22. The molecule has 4 heteroatoms. The van der Waals surface area contributed by atoms with E-state index in [1.54, 1.807) is 0 Å². The van der Waals surface area contributed by atoms with Crippen LogP contribution in [0.4, 0.5) is 0 Å². The monoisotopic (exact) mass is 206 g/mol. The van der Waals surface area contributed by atoms with Gasteiger partial charge in [-0.2, -0.15) is 0 Å². The third-order valence-electron chi connectivity index (χ3n) is 2.74. The van der Waals surface area contributed by atoms with Gasteiger partial charge in [0.2, 0.25) is 5.91 Å². The van der Waals surface area contributed by atoms with Crippen LogP contribution in [-0.2, 0) is 11.3 Å². The Kier molecular flexibility index (Phi) is 2.58. The van der Waals surface area contributed by atoms with Gasteiger partial charge in [0.15, 0.2) is 5.78 Å². The maximum Gasteiger partial charge on any atom is 0.216 e. The van der Waals surface area contributed by atoms with Crippen molar-refractivity contribution in [1.29, 1.82) is 0 Å². The lowest BCUT2D eigenvalue weighted by Gasteiger charge is -2.07. The molecule has 1 atom stereocenters. The third kappa shape index (κ3) is 1.93. The minimum Gasteiger partial charge on any atom is -0.356 e. The first-order valence-corrected chi connectivity index (χ1v) is 5.12. The summed E-state index contributed by atoms with van der Waals surface area (Å²) >= 11 is 0. The highest BCUT2D eigenvalue weighted by Gasteiger charge is 2.29. The molecular weight excluding hydrogens is 192 g/mol. The Morgan fingerprint density at radius 3 is 3.13 bits per heavy atom. The summed E-state index contributed by atoms with van der Waals surface area (Å²) in [5.74, 6) is 0.193. The summed E-state index contributed by atoms with van der Waals surface area (Å²) in [6.45, 7) is 2.82. The molecule has 2 rings (SSSR count). The SMILES string of the molecule is CC(=O)NCCC1Cn2cccc2C1=O. The Morgan fingerprint density at radius 1 is 1.67 bits per heavy atom. The van der Waals surface area contributed by atoms with Crippen LogP contribution in [0.25, 0.3) is 0 Å². The second-order valence-electron chi connectivity index (χ2n) is 3.88. The minimum absolute atomic E-state index is 0.0352. The molecule has 1 amide bonds. The van der Waals surface area contributed by atoms with E-state index in [-0.39, 0.29) is 17.6 Å². The average molecular weight is 206 g/mol. The molecule has 4 nitrogen and oxygen atoms in total. The maximum absolute atomic E-state index is 11.8. The van der Waals surface area contributed by atoms with Crippen molar-refractivity contribution in [3.8, 4) is 0 Å². The van der Waals surface area contributed by atoms with Crippen molar-refractivity contribution in [2.75, 3.05) is 6.54 Å². The van der Waals surface area contributed by atoms with E-state index in [2.05, 4.69) is 5.32 Å². The van der Waals surface area contributed by atoms with Crippen molar-refractivity contribution in [3.05, 3.63) is 24.0 Å². The number of nitrogens with zero attached hydrogens (tertiary/aromatic N) is 1. The van der Waals surface area contributed by atoms with Crippen molar-refractivity contribution < 1.29 is 9.59 Å². The summed E-state index contributed by atoms with van der Waals surface area (Å²) < 4.78 is 1.97. The van der Waals surface area contributed by atoms with Gasteiger partial charge in [0.05, 0.1) is 5.69 Å². The van der Waals surface area contributed by atoms with Gasteiger partial charge in [0.25, 0.3) is 0 Å². The summed E-state index contributed by atoms with van der Waals surface area (Å²) in [6.07, 6.45) is 2.64. The number of ketones is 1. The van der Waals surface area contributed by atoms with E-state index in [4.69, 9.17) is 0 Å². The van der Waals surface area contributed by atoms with Gasteiger partial charge in [-0.25, -0.2) is 0 Å². The van der Waals surface area contributed by atoms with Crippen LogP contribution in [0.3, 0.4) is 0 Å². The lowest BCUT2D eigenvalue weighted by Crippen LogP contribution is -2.24. The Morgan fingerprint density at radius 2 is 2.47 bits per heavy atom. The molecule has 0 aromatic carbocycles. The van der Waals surface area contributed by atoms with Gasteiger partial charge in [-0.05, 0) is 18.6 Å². The highest BCUT2D eigenvalue weighted by atomic mass is 16.1. The lowest BCUT2D eigenvalue weighted by molar-refractivity contribution is -0.119. The first-order valence-electron chi connectivity index (χ1n) is 5.12. The molecule has 1 aliphatic heterocycles. The normalized spacial score (nSPS) is 19.0. The van der Waals surface area contributed by atoms with E-state index >= 15 is 0 Å². The molecule has 0 saturated heterocycles. The number of nitrogens with one attached hydrogen (secondary N) is 1. The van der Waals surface area contributed by atoms with Gasteiger partial charge < -0.3 is 9.88 Å². The summed E-state index contributed by atoms with van der Waals surface area (Å²) in [7, 11) is 0. The summed E-state index contributed by atoms with van der Waals surface area (Å²) in [5.41, 5.74) is 0.794. The fourth-order valence-corrected chi connectivity index (χ4v) is 1.97. The summed E-state index contributed by atoms with van der Waals surface area (Å²) in [6, 6.07) is 3.73. The zero-order chi connectivity index (χ0) is 10.8. The second kappa shape index (κ2) is 3.88. The Hall–Kier alpha value is -1.58. The molecule has 80 valence electrons. The van der Waals surface area contributed by atoms with Crippen molar-refractivity contribution in [1.82, 2.24) is 9.88 Å². The highest BCUT2D eigenvalue weighted by molar-refractivity contribution is 5.98. The topological polar surface area (TPSA) is 51.1 Å². The summed E-state index contributed by atoms with van der Waals surface area (Å²) in [4.78, 5) is 22.5. The van der Waals surface area contributed by atoms with Crippen molar-refractivity contribution in [2.24, 2.45) is 5.92 Å². The Labute approximate surface area is 88.3 Å². The molecule has 0 bridgehead atoms. The molecule has 0 radical (unpaired) electrons. The smallest absolute Gasteiger partial charge is 0.216 e. The van der Waals surface area contributed by atoms with Gasteiger partial charge in [-0.1, -0.05) is 0 Å². The van der Waals surface area contributed by atoms with Crippen molar-refractivity contribution >= 4 is 11.7 Å². The molecule has 2 heterocycles. The van der Waals surface area contributed by atoms with Crippen LogP contribution in [0.15, 0.2) is 18.3 Å². The zero-order valence-corrected chi connectivity index (χ0v) is 8.69. The molecule has 0 fully saturated rings. The molecule has 1 N–H and O–H groups in total. The van der Waals surface area contributed by atoms with Gasteiger partial charge in [-0.15, -0.1) is 0 Å². The number of carbonyl (C=O) groups is 2. The molecule has 1 aromatic heterocycles. The van der Waals surface area contributed by atoms with E-state index < -0.39 is 0 Å². The molecule has 1 unspecified atom stereocenters. The van der Waals surface area contributed by atoms with Crippen LogP contribution < -0.4 is 5.32 Å². The number of rotatable bonds is 3. The van der Waals surface area contributed by atoms with Crippen molar-refractivity contribution in [3.63, 3.8) is 0 Å². The van der Waals surface area contributed by atoms with Gasteiger partial charge in [0, 0.05) is 32.1 Å². The van der Waals surface area contributed by atoms with Crippen LogP contribution in [0.5, 0.6) is 0 Å². The number of hydrogen-bond donors (Lipinski definition) is 1. The van der Waals surface area contributed by atoms with Gasteiger partial charge >= 0.3 is 0 Å². The Bertz CT molecular complexity index is 395. The lowest BCUT2D eigenvalue weighted by atomic mass is 10.0. The van der Waals surface area contributed by atoms with E-state index in [0.29, 0.717) is 6.54 Å². The number of carbonyl (C=O) groups excluding carboxylic acids is 2. The molecular formula is C11H14N2O2. The zero-order valence-electron chi connectivity index (χ0n) is 8.69. The predicted molar refractivity (Wildman–Crippen MR) is 55.6 cm³/mol. The van der Waals surface area contributed by atoms with Crippen LogP contribution in [0, 0.1) is 5.92 Å². The van der Waals surface area contributed by atoms with E-state index in [0.717, 1.165) is 18.7 Å². The number of fused-ring (bicyclic) bond motifs is 1. The summed E-state index contributed by atoms with van der Waals surface area (Å²) in [5, 5.41) is 2.71. The third-order valence-corrected chi connectivity index (χ3v) is 2.74. The fraction of sp³-hybridized carbons (Fsp3) is 0.455. The van der Waals surface area contributed by atoms with Crippen molar-refractivity contribution in [2.45, 2.75) is 19.9 Å². The molecule has 0 saturated carbocycles. The largest absolute Gasteiger partial charge is 0.356 e. The first kappa shape index (κ1) is 9.96. The van der Waals surface area contributed by atoms with E-state index in [1.807, 2.05) is 22.9 Å². The number of Topliss-reactive ketones (excluding diaryl/α,β-unsaturated/α-hetero) is 1. The molecule has 15 heavy (non-hydrogen) atoms. The quantitative estimate of drug-likeness (QED) is 0.796. The van der Waals surface area contributed by atoms with E-state index in [1.165, 1.54) is 6.92 Å². The molecule has 1 aromatic rings. The average Bonchev–Trinajstić information content (AvgIpc) is 2.71.